The topological polar surface area (TPSA) is 72.2 Å². The lowest BCUT2D eigenvalue weighted by Gasteiger charge is -2.08. The van der Waals surface area contributed by atoms with Crippen LogP contribution in [-0.4, -0.2) is 10.8 Å². The number of halogens is 3. The first-order valence-corrected chi connectivity index (χ1v) is 7.55. The predicted molar refractivity (Wildman–Crippen MR) is 87.9 cm³/mol. The Morgan fingerprint density at radius 1 is 1.14 bits per heavy atom. The average molecular weight is 434 g/mol. The van der Waals surface area contributed by atoms with Gasteiger partial charge in [0.05, 0.1) is 15.6 Å². The maximum Gasteiger partial charge on any atom is 0.271 e. The fourth-order valence-corrected chi connectivity index (χ4v) is 2.40. The Balaban J connectivity index is 2.28. The van der Waals surface area contributed by atoms with Crippen molar-refractivity contribution in [1.82, 2.24) is 0 Å². The van der Waals surface area contributed by atoms with E-state index < -0.39 is 10.8 Å². The highest BCUT2D eigenvalue weighted by Crippen LogP contribution is 2.28. The molecule has 108 valence electrons. The van der Waals surface area contributed by atoms with E-state index >= 15 is 0 Å². The van der Waals surface area contributed by atoms with Crippen molar-refractivity contribution in [2.24, 2.45) is 0 Å². The number of carbonyl (C=O) groups excluding carboxylic acids is 1. The summed E-state index contributed by atoms with van der Waals surface area (Å²) >= 11 is 12.3. The molecule has 0 aromatic heterocycles. The average Bonchev–Trinajstić information content (AvgIpc) is 2.43. The molecule has 0 heterocycles. The molecule has 21 heavy (non-hydrogen) atoms. The number of nitrogens with one attached hydrogen (secondary N) is 1. The molecular weight excluding hydrogens is 427 g/mol. The van der Waals surface area contributed by atoms with Gasteiger partial charge < -0.3 is 5.32 Å². The summed E-state index contributed by atoms with van der Waals surface area (Å²) in [6.45, 7) is 0. The zero-order valence-corrected chi connectivity index (χ0v) is 14.2. The van der Waals surface area contributed by atoms with Crippen LogP contribution < -0.4 is 5.32 Å². The fraction of sp³-hybridized carbons (Fsp3) is 0. The van der Waals surface area contributed by atoms with Crippen LogP contribution in [0, 0.1) is 10.1 Å². The van der Waals surface area contributed by atoms with E-state index in [2.05, 4.69) is 37.2 Å². The highest BCUT2D eigenvalue weighted by Gasteiger charge is 2.13. The van der Waals surface area contributed by atoms with Gasteiger partial charge in [0.15, 0.2) is 0 Å². The molecule has 2 rings (SSSR count). The van der Waals surface area contributed by atoms with Gasteiger partial charge in [-0.1, -0.05) is 11.6 Å². The van der Waals surface area contributed by atoms with E-state index in [0.717, 1.165) is 0 Å². The van der Waals surface area contributed by atoms with E-state index in [1.54, 1.807) is 18.2 Å². The normalized spacial score (nSPS) is 10.2. The first kappa shape index (κ1) is 15.9. The molecular formula is C13H7Br2ClN2O3. The number of non-ortho nitro benzene ring substituents is 1. The van der Waals surface area contributed by atoms with Gasteiger partial charge in [0.2, 0.25) is 0 Å². The van der Waals surface area contributed by atoms with Crippen LogP contribution in [0.1, 0.15) is 10.4 Å². The predicted octanol–water partition coefficient (Wildman–Crippen LogP) is 5.03. The minimum absolute atomic E-state index is 0.106. The molecule has 0 aliphatic heterocycles. The van der Waals surface area contributed by atoms with Crippen molar-refractivity contribution >= 4 is 60.7 Å². The summed E-state index contributed by atoms with van der Waals surface area (Å²) in [6.07, 6.45) is 0. The van der Waals surface area contributed by atoms with E-state index in [0.29, 0.717) is 25.2 Å². The third-order valence-electron chi connectivity index (χ3n) is 2.59. The summed E-state index contributed by atoms with van der Waals surface area (Å²) in [5.74, 6) is -0.395. The fourth-order valence-electron chi connectivity index (χ4n) is 1.55. The molecule has 1 N–H and O–H groups in total. The minimum atomic E-state index is -0.527. The first-order chi connectivity index (χ1) is 9.88. The monoisotopic (exact) mass is 432 g/mol. The van der Waals surface area contributed by atoms with Crippen molar-refractivity contribution in [2.75, 3.05) is 5.32 Å². The van der Waals surface area contributed by atoms with Gasteiger partial charge >= 0.3 is 0 Å². The number of anilines is 1. The lowest BCUT2D eigenvalue weighted by molar-refractivity contribution is -0.384. The highest BCUT2D eigenvalue weighted by atomic mass is 79.9. The van der Waals surface area contributed by atoms with Crippen molar-refractivity contribution in [3.63, 3.8) is 0 Å². The first-order valence-electron chi connectivity index (χ1n) is 5.59. The van der Waals surface area contributed by atoms with E-state index in [1.807, 2.05) is 0 Å². The molecule has 0 unspecified atom stereocenters. The maximum absolute atomic E-state index is 12.1. The lowest BCUT2D eigenvalue weighted by Crippen LogP contribution is -2.12. The molecule has 2 aromatic carbocycles. The van der Waals surface area contributed by atoms with Gasteiger partial charge in [-0.3, -0.25) is 14.9 Å². The largest absolute Gasteiger partial charge is 0.321 e. The smallest absolute Gasteiger partial charge is 0.271 e. The van der Waals surface area contributed by atoms with E-state index in [1.165, 1.54) is 18.2 Å². The van der Waals surface area contributed by atoms with Crippen LogP contribution in [0.25, 0.3) is 0 Å². The van der Waals surface area contributed by atoms with Crippen LogP contribution in [0.4, 0.5) is 11.4 Å². The second-order valence-electron chi connectivity index (χ2n) is 4.00. The van der Waals surface area contributed by atoms with Crippen LogP contribution in [0.15, 0.2) is 45.3 Å². The molecule has 0 saturated carbocycles. The number of benzene rings is 2. The number of carbonyl (C=O) groups is 1. The van der Waals surface area contributed by atoms with E-state index in [9.17, 15) is 14.9 Å². The Kier molecular flexibility index (Phi) is 4.97. The standard InChI is InChI=1S/C13H7Br2ClN2O3/c14-9-3-2-8(18(20)21)6-12(9)17-13(19)7-1-4-11(16)10(15)5-7/h1-6H,(H,17,19). The number of nitrogens with zero attached hydrogens (tertiary/aromatic N) is 1. The third kappa shape index (κ3) is 3.81. The maximum atomic E-state index is 12.1. The van der Waals surface area contributed by atoms with Crippen LogP contribution >= 0.6 is 43.5 Å². The Bertz CT molecular complexity index is 737. The number of amides is 1. The minimum Gasteiger partial charge on any atom is -0.321 e. The molecule has 0 spiro atoms. The molecule has 0 bridgehead atoms. The van der Waals surface area contributed by atoms with Gasteiger partial charge in [0.1, 0.15) is 0 Å². The van der Waals surface area contributed by atoms with Gasteiger partial charge in [0.25, 0.3) is 11.6 Å². The summed E-state index contributed by atoms with van der Waals surface area (Å²) in [4.78, 5) is 22.4. The van der Waals surface area contributed by atoms with Gasteiger partial charge in [-0.25, -0.2) is 0 Å². The van der Waals surface area contributed by atoms with Crippen molar-refractivity contribution < 1.29 is 9.72 Å². The number of rotatable bonds is 3. The second kappa shape index (κ2) is 6.55. The summed E-state index contributed by atoms with van der Waals surface area (Å²) in [6, 6.07) is 8.86. The van der Waals surface area contributed by atoms with E-state index in [4.69, 9.17) is 11.6 Å². The van der Waals surface area contributed by atoms with Crippen LogP contribution in [-0.2, 0) is 0 Å². The summed E-state index contributed by atoms with van der Waals surface area (Å²) in [7, 11) is 0. The molecule has 0 aliphatic rings. The molecule has 0 atom stereocenters. The van der Waals surface area contributed by atoms with Gasteiger partial charge in [-0.15, -0.1) is 0 Å². The zero-order chi connectivity index (χ0) is 15.6. The SMILES string of the molecule is O=C(Nc1cc([N+](=O)[O-])ccc1Br)c1ccc(Cl)c(Br)c1. The molecule has 8 heteroatoms. The van der Waals surface area contributed by atoms with Crippen LogP contribution in [0.2, 0.25) is 5.02 Å². The molecule has 0 saturated heterocycles. The Labute approximate surface area is 141 Å². The summed E-state index contributed by atoms with van der Waals surface area (Å²) < 4.78 is 1.14. The molecule has 0 aliphatic carbocycles. The zero-order valence-electron chi connectivity index (χ0n) is 10.3. The van der Waals surface area contributed by atoms with Gasteiger partial charge in [-0.05, 0) is 56.1 Å². The Morgan fingerprint density at radius 3 is 2.48 bits per heavy atom. The third-order valence-corrected chi connectivity index (χ3v) is 4.50. The van der Waals surface area contributed by atoms with Crippen LogP contribution in [0.5, 0.6) is 0 Å². The van der Waals surface area contributed by atoms with Gasteiger partial charge in [-0.2, -0.15) is 0 Å². The van der Waals surface area contributed by atoms with Crippen LogP contribution in [0.3, 0.4) is 0 Å². The number of nitro benzene ring substituents is 1. The van der Waals surface area contributed by atoms with Crippen molar-refractivity contribution in [3.8, 4) is 0 Å². The molecule has 0 fully saturated rings. The number of nitro groups is 1. The Hall–Kier alpha value is -1.44. The number of hydrogen-bond donors (Lipinski definition) is 1. The Morgan fingerprint density at radius 2 is 1.86 bits per heavy atom. The number of hydrogen-bond acceptors (Lipinski definition) is 3. The molecule has 2 aromatic rings. The molecule has 5 nitrogen and oxygen atoms in total. The lowest BCUT2D eigenvalue weighted by atomic mass is 10.2. The highest BCUT2D eigenvalue weighted by molar-refractivity contribution is 9.11. The quantitative estimate of drug-likeness (QED) is 0.544. The summed E-state index contributed by atoms with van der Waals surface area (Å²) in [5, 5.41) is 13.9. The van der Waals surface area contributed by atoms with Crippen molar-refractivity contribution in [1.29, 1.82) is 0 Å². The van der Waals surface area contributed by atoms with E-state index in [-0.39, 0.29) is 5.69 Å². The summed E-state index contributed by atoms with van der Waals surface area (Å²) in [5.41, 5.74) is 0.593. The van der Waals surface area contributed by atoms with Gasteiger partial charge in [0, 0.05) is 26.6 Å². The second-order valence-corrected chi connectivity index (χ2v) is 6.12. The van der Waals surface area contributed by atoms with Crippen molar-refractivity contribution in [2.45, 2.75) is 0 Å². The molecule has 1 amide bonds. The molecule has 0 radical (unpaired) electrons. The van der Waals surface area contributed by atoms with Crippen molar-refractivity contribution in [3.05, 3.63) is 66.0 Å².